The third-order valence-corrected chi connectivity index (χ3v) is 15.7. The van der Waals surface area contributed by atoms with Crippen molar-refractivity contribution in [3.63, 3.8) is 0 Å². The first kappa shape index (κ1) is 55.8. The van der Waals surface area contributed by atoms with Crippen molar-refractivity contribution in [2.45, 2.75) is 117 Å². The van der Waals surface area contributed by atoms with Gasteiger partial charge in [0, 0.05) is 57.9 Å². The van der Waals surface area contributed by atoms with Gasteiger partial charge in [-0.3, -0.25) is 9.78 Å². The zero-order chi connectivity index (χ0) is 52.4. The Morgan fingerprint density at radius 1 is 0.707 bits per heavy atom. The normalized spacial score (nSPS) is 18.8. The summed E-state index contributed by atoms with van der Waals surface area (Å²) in [6, 6.07) is 13.1. The number of nitrogens with zero attached hydrogens (tertiary/aromatic N) is 8. The minimum atomic E-state index is -0.544. The summed E-state index contributed by atoms with van der Waals surface area (Å²) in [5.74, 6) is 2.93. The number of hydrogen-bond donors (Lipinski definition) is 4. The Balaban J connectivity index is 0.000000201. The zero-order valence-electron chi connectivity index (χ0n) is 45.2. The molecule has 0 unspecified atom stereocenters. The number of aromatic amines is 1. The van der Waals surface area contributed by atoms with E-state index in [2.05, 4.69) is 109 Å². The number of fused-ring (bicyclic) bond motifs is 2. The molecule has 4 fully saturated rings. The SMILES string of the molecule is CC(C)(C)c1ccc2sc(-c3c(N[C@@H]4CCCNC4)nc(N4CCOCC4)[nH]c3=O)nc2c1.COc1nc(N2CCOCC2)nc(N[C@@H]2CCCN(C(=O)OC(C)(C)C)C2)c1-c1nc2cc(C(C)(C)C)ccc2s1.Cl. The number of amides is 1. The molecule has 10 rings (SSSR count). The lowest BCUT2D eigenvalue weighted by Gasteiger charge is -2.35. The zero-order valence-corrected chi connectivity index (χ0v) is 47.6. The summed E-state index contributed by atoms with van der Waals surface area (Å²) in [5, 5.41) is 12.1. The van der Waals surface area contributed by atoms with Gasteiger partial charge in [-0.25, -0.2) is 14.8 Å². The van der Waals surface area contributed by atoms with Crippen molar-refractivity contribution in [2.75, 3.05) is 106 Å². The molecule has 0 spiro atoms. The van der Waals surface area contributed by atoms with E-state index in [1.165, 1.54) is 11.1 Å². The van der Waals surface area contributed by atoms with Crippen LogP contribution >= 0.6 is 35.1 Å². The summed E-state index contributed by atoms with van der Waals surface area (Å²) in [6.07, 6.45) is 3.61. The van der Waals surface area contributed by atoms with Gasteiger partial charge >= 0.3 is 6.09 Å². The molecule has 4 aliphatic rings. The summed E-state index contributed by atoms with van der Waals surface area (Å²) < 4.78 is 24.7. The van der Waals surface area contributed by atoms with Crippen molar-refractivity contribution in [3.8, 4) is 27.0 Å². The fourth-order valence-electron chi connectivity index (χ4n) is 9.42. The molecular formula is C54H75ClN12O6S2. The first-order chi connectivity index (χ1) is 35.3. The molecule has 2 aromatic carbocycles. The summed E-state index contributed by atoms with van der Waals surface area (Å²) in [5.41, 5.74) is 4.94. The van der Waals surface area contributed by atoms with Gasteiger partial charge in [-0.1, -0.05) is 53.7 Å². The number of carbonyl (C=O) groups excluding carboxylic acids is 1. The molecule has 1 amide bonds. The molecule has 0 aliphatic carbocycles. The quantitative estimate of drug-likeness (QED) is 0.107. The van der Waals surface area contributed by atoms with Crippen LogP contribution in [0.5, 0.6) is 5.88 Å². The van der Waals surface area contributed by atoms with Gasteiger partial charge in [-0.15, -0.1) is 35.1 Å². The highest BCUT2D eigenvalue weighted by molar-refractivity contribution is 7.22. The fraction of sp³-hybridized carbons (Fsp3) is 0.574. The highest BCUT2D eigenvalue weighted by Gasteiger charge is 2.32. The highest BCUT2D eigenvalue weighted by Crippen LogP contribution is 2.42. The number of halogens is 1. The lowest BCUT2D eigenvalue weighted by atomic mass is 9.87. The van der Waals surface area contributed by atoms with E-state index in [0.717, 1.165) is 69.8 Å². The summed E-state index contributed by atoms with van der Waals surface area (Å²) >= 11 is 3.14. The van der Waals surface area contributed by atoms with Gasteiger partial charge in [0.05, 0.1) is 54.0 Å². The van der Waals surface area contributed by atoms with Crippen LogP contribution in [0.1, 0.15) is 99.1 Å². The van der Waals surface area contributed by atoms with Gasteiger partial charge in [0.15, 0.2) is 0 Å². The van der Waals surface area contributed by atoms with Gasteiger partial charge in [0.2, 0.25) is 17.8 Å². The molecule has 0 bridgehead atoms. The van der Waals surface area contributed by atoms with E-state index in [9.17, 15) is 9.59 Å². The minimum absolute atomic E-state index is 0. The number of piperidine rings is 2. The fourth-order valence-corrected chi connectivity index (χ4v) is 11.4. The molecule has 0 saturated carbocycles. The number of nitrogens with one attached hydrogen (secondary N) is 4. The molecule has 2 atom stereocenters. The minimum Gasteiger partial charge on any atom is -0.480 e. The number of aromatic nitrogens is 6. The van der Waals surface area contributed by atoms with Gasteiger partial charge in [0.25, 0.3) is 5.56 Å². The number of hydrogen-bond acceptors (Lipinski definition) is 18. The average Bonchev–Trinajstić information content (AvgIpc) is 4.00. The maximum absolute atomic E-state index is 13.4. The molecular weight excluding hydrogens is 1010 g/mol. The monoisotopic (exact) mass is 1090 g/mol. The number of ether oxygens (including phenoxy) is 4. The lowest BCUT2D eigenvalue weighted by molar-refractivity contribution is 0.0206. The third kappa shape index (κ3) is 13.6. The van der Waals surface area contributed by atoms with Crippen molar-refractivity contribution in [3.05, 3.63) is 57.9 Å². The van der Waals surface area contributed by atoms with E-state index in [1.54, 1.807) is 34.7 Å². The van der Waals surface area contributed by atoms with Crippen LogP contribution < -0.4 is 36.0 Å². The van der Waals surface area contributed by atoms with Crippen molar-refractivity contribution in [1.29, 1.82) is 0 Å². The first-order valence-corrected chi connectivity index (χ1v) is 27.7. The molecule has 0 radical (unpaired) electrons. The Bertz CT molecular complexity index is 2980. The topological polar surface area (TPSA) is 197 Å². The molecule has 4 aromatic heterocycles. The molecule has 18 nitrogen and oxygen atoms in total. The number of likely N-dealkylation sites (tertiary alicyclic amines) is 1. The van der Waals surface area contributed by atoms with E-state index in [4.69, 9.17) is 43.9 Å². The number of rotatable bonds is 9. The van der Waals surface area contributed by atoms with E-state index in [-0.39, 0.29) is 47.0 Å². The summed E-state index contributed by atoms with van der Waals surface area (Å²) in [4.78, 5) is 59.9. The van der Waals surface area contributed by atoms with Gasteiger partial charge < -0.3 is 49.6 Å². The maximum Gasteiger partial charge on any atom is 0.410 e. The summed E-state index contributed by atoms with van der Waals surface area (Å²) in [6.45, 7) is 27.3. The smallest absolute Gasteiger partial charge is 0.410 e. The second-order valence-corrected chi connectivity index (χ2v) is 24.6. The van der Waals surface area contributed by atoms with Crippen LogP contribution in [0.25, 0.3) is 41.6 Å². The Hall–Kier alpha value is -5.38. The molecule has 75 heavy (non-hydrogen) atoms. The van der Waals surface area contributed by atoms with Crippen LogP contribution in [-0.4, -0.2) is 144 Å². The Morgan fingerprint density at radius 2 is 1.27 bits per heavy atom. The van der Waals surface area contributed by atoms with Crippen molar-refractivity contribution < 1.29 is 23.7 Å². The number of morpholine rings is 2. The van der Waals surface area contributed by atoms with Gasteiger partial charge in [-0.2, -0.15) is 15.0 Å². The van der Waals surface area contributed by atoms with Crippen molar-refractivity contribution >= 4 is 85.1 Å². The molecule has 406 valence electrons. The maximum atomic E-state index is 13.4. The van der Waals surface area contributed by atoms with Crippen LogP contribution in [0.4, 0.5) is 28.3 Å². The standard InChI is InChI=1S/C30H42N6O4S.C24H32N6O2S.ClH/c1-29(2,3)19-10-11-22-21(17-19)32-26(41-22)23-24(33-27(34-25(23)38-7)35-13-15-39-16-14-35)31-20-9-8-12-36(18-20)28(37)40-30(4,5)6;1-24(2,3)15-6-7-18-17(13-15)27-22(33-18)19-20(26-16-5-4-8-25-14-16)28-23(29-21(19)31)30-9-11-32-12-10-30;/h10-11,17,20H,8-9,12-16,18H2,1-7H3,(H,31,33,34);6-7,13,16,25H,4-5,8-12,14H2,1-3H3,(H2,26,28,29,31);1H/t20-;16-;/m11./s1. The number of anilines is 4. The van der Waals surface area contributed by atoms with Crippen LogP contribution in [0, 0.1) is 0 Å². The number of benzene rings is 2. The molecule has 4 N–H and O–H groups in total. The summed E-state index contributed by atoms with van der Waals surface area (Å²) in [7, 11) is 1.63. The molecule has 4 saturated heterocycles. The number of carbonyl (C=O) groups is 1. The Morgan fingerprint density at radius 3 is 1.83 bits per heavy atom. The van der Waals surface area contributed by atoms with E-state index < -0.39 is 5.60 Å². The van der Waals surface area contributed by atoms with Gasteiger partial charge in [-0.05, 0) is 99.2 Å². The average molecular weight is 1090 g/mol. The second kappa shape index (κ2) is 23.5. The van der Waals surface area contributed by atoms with Crippen LogP contribution in [0.15, 0.2) is 41.2 Å². The van der Waals surface area contributed by atoms with Crippen molar-refractivity contribution in [1.82, 2.24) is 40.1 Å². The third-order valence-electron chi connectivity index (χ3n) is 13.6. The van der Waals surface area contributed by atoms with Crippen LogP contribution in [0.2, 0.25) is 0 Å². The molecule has 21 heteroatoms. The van der Waals surface area contributed by atoms with Gasteiger partial charge in [0.1, 0.15) is 38.4 Å². The Kier molecular flexibility index (Phi) is 17.5. The van der Waals surface area contributed by atoms with Crippen LogP contribution in [-0.2, 0) is 25.0 Å². The van der Waals surface area contributed by atoms with Crippen LogP contribution in [0.3, 0.4) is 0 Å². The van der Waals surface area contributed by atoms with E-state index in [0.29, 0.717) is 106 Å². The molecule has 6 aromatic rings. The highest BCUT2D eigenvalue weighted by atomic mass is 35.5. The molecule has 8 heterocycles. The largest absolute Gasteiger partial charge is 0.480 e. The lowest BCUT2D eigenvalue weighted by Crippen LogP contribution is -2.47. The predicted octanol–water partition coefficient (Wildman–Crippen LogP) is 9.47. The van der Waals surface area contributed by atoms with E-state index >= 15 is 0 Å². The first-order valence-electron chi connectivity index (χ1n) is 26.1. The number of methoxy groups -OCH3 is 1. The van der Waals surface area contributed by atoms with E-state index in [1.807, 2.05) is 20.8 Å². The number of H-pyrrole nitrogens is 1. The molecule has 4 aliphatic heterocycles. The van der Waals surface area contributed by atoms with Crippen molar-refractivity contribution in [2.24, 2.45) is 0 Å². The predicted molar refractivity (Wildman–Crippen MR) is 305 cm³/mol. The second-order valence-electron chi connectivity index (χ2n) is 22.6. The number of thiazole rings is 2. The Labute approximate surface area is 454 Å².